The largest absolute Gasteiger partial charge is 0.505 e. The Balaban J connectivity index is 3.40. The van der Waals surface area contributed by atoms with E-state index in [0.717, 1.165) is 0 Å². The summed E-state index contributed by atoms with van der Waals surface area (Å²) in [4.78, 5) is 0. The lowest BCUT2D eigenvalue weighted by molar-refractivity contribution is 0.274. The number of aromatic hydroxyl groups is 1. The van der Waals surface area contributed by atoms with Gasteiger partial charge in [-0.2, -0.15) is 0 Å². The molecule has 1 aromatic carbocycles. The molecule has 0 aromatic heterocycles. The zero-order valence-electron chi connectivity index (χ0n) is 5.81. The fraction of sp³-hybridized carbons (Fsp3) is 0.143. The van der Waals surface area contributed by atoms with Crippen molar-refractivity contribution in [1.82, 2.24) is 0 Å². The van der Waals surface area contributed by atoms with Gasteiger partial charge in [0, 0.05) is 11.6 Å². The first-order valence-corrected chi connectivity index (χ1v) is 3.42. The number of phenolic OH excluding ortho intramolecular Hbond substituents is 1. The Morgan fingerprint density at radius 2 is 2.00 bits per heavy atom. The average Bonchev–Trinajstić information content (AvgIpc) is 2.01. The van der Waals surface area contributed by atoms with Crippen molar-refractivity contribution in [3.05, 3.63) is 28.3 Å². The van der Waals surface area contributed by atoms with Crippen molar-refractivity contribution < 1.29 is 19.0 Å². The molecule has 0 unspecified atom stereocenters. The summed E-state index contributed by atoms with van der Waals surface area (Å²) in [5.41, 5.74) is -0.355. The van der Waals surface area contributed by atoms with E-state index < -0.39 is 29.0 Å². The quantitative estimate of drug-likeness (QED) is 0.670. The van der Waals surface area contributed by atoms with Gasteiger partial charge < -0.3 is 10.2 Å². The molecule has 1 rings (SSSR count). The third-order valence-corrected chi connectivity index (χ3v) is 1.79. The van der Waals surface area contributed by atoms with E-state index in [9.17, 15) is 8.78 Å². The van der Waals surface area contributed by atoms with E-state index in [2.05, 4.69) is 0 Å². The highest BCUT2D eigenvalue weighted by atomic mass is 35.5. The van der Waals surface area contributed by atoms with Crippen LogP contribution in [-0.2, 0) is 6.61 Å². The van der Waals surface area contributed by atoms with Gasteiger partial charge in [0.05, 0.1) is 11.6 Å². The summed E-state index contributed by atoms with van der Waals surface area (Å²) in [7, 11) is 0. The molecule has 66 valence electrons. The van der Waals surface area contributed by atoms with Crippen molar-refractivity contribution in [2.45, 2.75) is 6.61 Å². The Morgan fingerprint density at radius 3 is 2.50 bits per heavy atom. The normalized spacial score (nSPS) is 10.3. The Kier molecular flexibility index (Phi) is 2.49. The van der Waals surface area contributed by atoms with Crippen LogP contribution >= 0.6 is 11.6 Å². The first kappa shape index (κ1) is 9.22. The lowest BCUT2D eigenvalue weighted by atomic mass is 10.2. The third kappa shape index (κ3) is 1.35. The Morgan fingerprint density at radius 1 is 1.42 bits per heavy atom. The standard InChI is InChI=1S/C7H5ClF2O2/c8-6-3(2-11)4(9)1-5(12)7(6)10/h1,11-12H,2H2. The van der Waals surface area contributed by atoms with Crippen molar-refractivity contribution in [2.24, 2.45) is 0 Å². The fourth-order valence-corrected chi connectivity index (χ4v) is 1.01. The van der Waals surface area contributed by atoms with Gasteiger partial charge in [0.15, 0.2) is 11.6 Å². The van der Waals surface area contributed by atoms with Crippen LogP contribution in [0.25, 0.3) is 0 Å². The molecule has 0 atom stereocenters. The predicted octanol–water partition coefficient (Wildman–Crippen LogP) is 1.82. The molecule has 0 aliphatic rings. The SMILES string of the molecule is OCc1c(F)cc(O)c(F)c1Cl. The fourth-order valence-electron chi connectivity index (χ4n) is 0.765. The van der Waals surface area contributed by atoms with E-state index in [-0.39, 0.29) is 5.56 Å². The van der Waals surface area contributed by atoms with Crippen LogP contribution in [0.15, 0.2) is 6.07 Å². The molecular formula is C7H5ClF2O2. The number of hydrogen-bond acceptors (Lipinski definition) is 2. The predicted molar refractivity (Wildman–Crippen MR) is 39.0 cm³/mol. The Hall–Kier alpha value is -0.870. The molecule has 0 saturated carbocycles. The second-order valence-electron chi connectivity index (χ2n) is 2.14. The molecule has 0 amide bonds. The summed E-state index contributed by atoms with van der Waals surface area (Å²) in [5, 5.41) is 16.7. The molecule has 0 fully saturated rings. The third-order valence-electron chi connectivity index (χ3n) is 1.39. The van der Waals surface area contributed by atoms with Gasteiger partial charge in [-0.3, -0.25) is 0 Å². The molecule has 0 heterocycles. The average molecular weight is 195 g/mol. The van der Waals surface area contributed by atoms with Crippen LogP contribution in [0.4, 0.5) is 8.78 Å². The molecule has 12 heavy (non-hydrogen) atoms. The van der Waals surface area contributed by atoms with Gasteiger partial charge in [-0.1, -0.05) is 11.6 Å². The molecule has 0 spiro atoms. The summed E-state index contributed by atoms with van der Waals surface area (Å²) in [6, 6.07) is 0.562. The minimum atomic E-state index is -1.12. The zero-order valence-corrected chi connectivity index (χ0v) is 6.57. The molecule has 5 heteroatoms. The summed E-state index contributed by atoms with van der Waals surface area (Å²) in [6.45, 7) is -0.706. The van der Waals surface area contributed by atoms with Crippen molar-refractivity contribution in [2.75, 3.05) is 0 Å². The summed E-state index contributed by atoms with van der Waals surface area (Å²) in [6.07, 6.45) is 0. The van der Waals surface area contributed by atoms with Crippen LogP contribution in [-0.4, -0.2) is 10.2 Å². The van der Waals surface area contributed by atoms with Crippen LogP contribution in [0.3, 0.4) is 0 Å². The van der Waals surface area contributed by atoms with Crippen molar-refractivity contribution in [3.63, 3.8) is 0 Å². The lowest BCUT2D eigenvalue weighted by Crippen LogP contribution is -1.94. The molecule has 0 aliphatic carbocycles. The highest BCUT2D eigenvalue weighted by Gasteiger charge is 2.15. The van der Waals surface area contributed by atoms with E-state index in [1.54, 1.807) is 0 Å². The minimum absolute atomic E-state index is 0.355. The van der Waals surface area contributed by atoms with Crippen LogP contribution in [0.5, 0.6) is 5.75 Å². The van der Waals surface area contributed by atoms with Gasteiger partial charge in [0.25, 0.3) is 0 Å². The highest BCUT2D eigenvalue weighted by molar-refractivity contribution is 6.31. The van der Waals surface area contributed by atoms with Crippen LogP contribution < -0.4 is 0 Å². The van der Waals surface area contributed by atoms with Gasteiger partial charge in [-0.05, 0) is 0 Å². The molecule has 1 aromatic rings. The molecular weight excluding hydrogens is 190 g/mol. The minimum Gasteiger partial charge on any atom is -0.505 e. The van der Waals surface area contributed by atoms with Gasteiger partial charge in [0.2, 0.25) is 0 Å². The van der Waals surface area contributed by atoms with Gasteiger partial charge in [-0.25, -0.2) is 8.78 Å². The Labute approximate surface area is 72.0 Å². The van der Waals surface area contributed by atoms with Crippen molar-refractivity contribution in [3.8, 4) is 5.75 Å². The van der Waals surface area contributed by atoms with Gasteiger partial charge in [-0.15, -0.1) is 0 Å². The summed E-state index contributed by atoms with van der Waals surface area (Å²) in [5.74, 6) is -2.92. The Bertz CT molecular complexity index is 315. The maximum Gasteiger partial charge on any atom is 0.183 e. The van der Waals surface area contributed by atoms with E-state index in [1.807, 2.05) is 0 Å². The van der Waals surface area contributed by atoms with Crippen LogP contribution in [0.2, 0.25) is 5.02 Å². The van der Waals surface area contributed by atoms with Crippen molar-refractivity contribution in [1.29, 1.82) is 0 Å². The number of hydrogen-bond donors (Lipinski definition) is 2. The first-order valence-electron chi connectivity index (χ1n) is 3.04. The van der Waals surface area contributed by atoms with Crippen molar-refractivity contribution >= 4 is 11.6 Å². The second kappa shape index (κ2) is 3.25. The molecule has 0 saturated heterocycles. The number of halogens is 3. The van der Waals surface area contributed by atoms with Gasteiger partial charge >= 0.3 is 0 Å². The molecule has 2 N–H and O–H groups in total. The number of aliphatic hydroxyl groups is 1. The monoisotopic (exact) mass is 194 g/mol. The van der Waals surface area contributed by atoms with E-state index in [4.69, 9.17) is 21.8 Å². The van der Waals surface area contributed by atoms with E-state index in [1.165, 1.54) is 0 Å². The maximum atomic E-state index is 12.7. The van der Waals surface area contributed by atoms with E-state index in [0.29, 0.717) is 6.07 Å². The van der Waals surface area contributed by atoms with Gasteiger partial charge in [0.1, 0.15) is 5.82 Å². The molecule has 2 nitrogen and oxygen atoms in total. The molecule has 0 radical (unpaired) electrons. The number of rotatable bonds is 1. The first-order chi connectivity index (χ1) is 5.57. The van der Waals surface area contributed by atoms with E-state index >= 15 is 0 Å². The zero-order chi connectivity index (χ0) is 9.30. The summed E-state index contributed by atoms with van der Waals surface area (Å²) < 4.78 is 25.4. The number of phenols is 1. The topological polar surface area (TPSA) is 40.5 Å². The lowest BCUT2D eigenvalue weighted by Gasteiger charge is -2.04. The maximum absolute atomic E-state index is 12.7. The van der Waals surface area contributed by atoms with Crippen LogP contribution in [0.1, 0.15) is 5.56 Å². The molecule has 0 aliphatic heterocycles. The summed E-state index contributed by atoms with van der Waals surface area (Å²) >= 11 is 5.27. The van der Waals surface area contributed by atoms with Crippen LogP contribution in [0, 0.1) is 11.6 Å². The smallest absolute Gasteiger partial charge is 0.183 e. The molecule has 0 bridgehead atoms. The second-order valence-corrected chi connectivity index (χ2v) is 2.52. The number of aliphatic hydroxyl groups excluding tert-OH is 1. The number of benzene rings is 1. The highest BCUT2D eigenvalue weighted by Crippen LogP contribution is 2.29.